The average Bonchev–Trinajstić information content (AvgIpc) is 2.52. The summed E-state index contributed by atoms with van der Waals surface area (Å²) in [5.74, 6) is -1.68. The quantitative estimate of drug-likeness (QED) is 0.489. The van der Waals surface area contributed by atoms with Crippen molar-refractivity contribution in [3.8, 4) is 0 Å². The minimum absolute atomic E-state index is 0.0818. The highest BCUT2D eigenvalue weighted by atomic mass is 16.7. The third-order valence-electron chi connectivity index (χ3n) is 1.99. The molecular formula is C7H11NO6. The van der Waals surface area contributed by atoms with Crippen LogP contribution in [0.4, 0.5) is 0 Å². The van der Waals surface area contributed by atoms with Crippen molar-refractivity contribution in [2.75, 3.05) is 19.9 Å². The lowest BCUT2D eigenvalue weighted by Gasteiger charge is -2.15. The van der Waals surface area contributed by atoms with Gasteiger partial charge in [-0.3, -0.25) is 14.9 Å². The summed E-state index contributed by atoms with van der Waals surface area (Å²) >= 11 is 0. The number of nitro groups is 1. The summed E-state index contributed by atoms with van der Waals surface area (Å²) in [6, 6.07) is 0. The molecule has 2 unspecified atom stereocenters. The fourth-order valence-electron chi connectivity index (χ4n) is 1.35. The minimum Gasteiger partial charge on any atom is -0.481 e. The van der Waals surface area contributed by atoms with Gasteiger partial charge in [0, 0.05) is 4.92 Å². The summed E-state index contributed by atoms with van der Waals surface area (Å²) in [5.41, 5.74) is 0. The Balaban J connectivity index is 2.50. The fraction of sp³-hybridized carbons (Fsp3) is 0.857. The van der Waals surface area contributed by atoms with Gasteiger partial charge in [0.05, 0.1) is 25.0 Å². The van der Waals surface area contributed by atoms with Crippen LogP contribution < -0.4 is 0 Å². The third-order valence-corrected chi connectivity index (χ3v) is 1.99. The molecule has 0 saturated carbocycles. The molecule has 0 radical (unpaired) electrons. The van der Waals surface area contributed by atoms with E-state index in [2.05, 4.69) is 0 Å². The summed E-state index contributed by atoms with van der Waals surface area (Å²) in [6.45, 7) is -0.0926. The van der Waals surface area contributed by atoms with Crippen molar-refractivity contribution in [2.24, 2.45) is 5.92 Å². The van der Waals surface area contributed by atoms with E-state index in [1.165, 1.54) is 0 Å². The van der Waals surface area contributed by atoms with Crippen LogP contribution in [0.2, 0.25) is 0 Å². The Morgan fingerprint density at radius 2 is 2.43 bits per heavy atom. The molecule has 80 valence electrons. The van der Waals surface area contributed by atoms with Crippen LogP contribution in [0.5, 0.6) is 0 Å². The van der Waals surface area contributed by atoms with Gasteiger partial charge in [0.1, 0.15) is 6.79 Å². The summed E-state index contributed by atoms with van der Waals surface area (Å²) in [4.78, 5) is 20.2. The van der Waals surface area contributed by atoms with E-state index in [1.807, 2.05) is 0 Å². The van der Waals surface area contributed by atoms with Crippen LogP contribution in [0.15, 0.2) is 0 Å². The largest absolute Gasteiger partial charge is 0.481 e. The number of ether oxygens (including phenoxy) is 2. The molecule has 0 spiro atoms. The van der Waals surface area contributed by atoms with E-state index in [9.17, 15) is 14.9 Å². The highest BCUT2D eigenvalue weighted by Gasteiger charge is 2.32. The smallest absolute Gasteiger partial charge is 0.303 e. The number of rotatable bonds is 5. The molecule has 0 aromatic heterocycles. The lowest BCUT2D eigenvalue weighted by molar-refractivity contribution is -0.490. The van der Waals surface area contributed by atoms with E-state index in [4.69, 9.17) is 14.6 Å². The normalized spacial score (nSPS) is 23.3. The number of carboxylic acid groups (broad SMARTS) is 1. The molecule has 1 saturated heterocycles. The summed E-state index contributed by atoms with van der Waals surface area (Å²) in [6.07, 6.45) is -0.744. The summed E-state index contributed by atoms with van der Waals surface area (Å²) in [5, 5.41) is 18.8. The van der Waals surface area contributed by atoms with Crippen LogP contribution in [-0.2, 0) is 14.3 Å². The van der Waals surface area contributed by atoms with Crippen LogP contribution in [0.1, 0.15) is 6.42 Å². The minimum atomic E-state index is -1.06. The van der Waals surface area contributed by atoms with Gasteiger partial charge in [-0.2, -0.15) is 0 Å². The number of hydrogen-bond acceptors (Lipinski definition) is 5. The lowest BCUT2D eigenvalue weighted by atomic mass is 9.99. The van der Waals surface area contributed by atoms with Crippen LogP contribution >= 0.6 is 0 Å². The molecule has 1 rings (SSSR count). The van der Waals surface area contributed by atoms with Gasteiger partial charge in [0.25, 0.3) is 0 Å². The standard InChI is InChI=1S/C7H11NO6/c9-7(10)1-5(2-8(11)12)6-3-13-4-14-6/h5-6H,1-4H2,(H,9,10). The molecule has 1 fully saturated rings. The molecule has 0 aromatic rings. The Morgan fingerprint density at radius 3 is 2.86 bits per heavy atom. The molecule has 0 aromatic carbocycles. The zero-order valence-electron chi connectivity index (χ0n) is 7.42. The van der Waals surface area contributed by atoms with Gasteiger partial charge in [-0.15, -0.1) is 0 Å². The molecule has 0 aliphatic carbocycles. The monoisotopic (exact) mass is 205 g/mol. The Kier molecular flexibility index (Phi) is 3.78. The van der Waals surface area contributed by atoms with Crippen molar-refractivity contribution < 1.29 is 24.3 Å². The van der Waals surface area contributed by atoms with Crippen molar-refractivity contribution in [1.82, 2.24) is 0 Å². The SMILES string of the molecule is O=C(O)CC(C[N+](=O)[O-])C1COCO1. The molecule has 7 nitrogen and oxygen atoms in total. The van der Waals surface area contributed by atoms with Gasteiger partial charge in [-0.05, 0) is 0 Å². The molecule has 1 aliphatic rings. The molecule has 14 heavy (non-hydrogen) atoms. The Hall–Kier alpha value is -1.21. The van der Waals surface area contributed by atoms with Gasteiger partial charge in [0.2, 0.25) is 6.54 Å². The Bertz CT molecular complexity index is 208. The van der Waals surface area contributed by atoms with E-state index >= 15 is 0 Å². The zero-order valence-corrected chi connectivity index (χ0v) is 7.42. The van der Waals surface area contributed by atoms with Crippen LogP contribution in [-0.4, -0.2) is 42.0 Å². The lowest BCUT2D eigenvalue weighted by Crippen LogP contribution is -2.31. The third kappa shape index (κ3) is 3.27. The number of nitrogens with zero attached hydrogens (tertiary/aromatic N) is 1. The van der Waals surface area contributed by atoms with Crippen LogP contribution in [0.25, 0.3) is 0 Å². The van der Waals surface area contributed by atoms with Crippen molar-refractivity contribution in [3.05, 3.63) is 10.1 Å². The van der Waals surface area contributed by atoms with Crippen molar-refractivity contribution in [1.29, 1.82) is 0 Å². The zero-order chi connectivity index (χ0) is 10.6. The van der Waals surface area contributed by atoms with E-state index in [1.54, 1.807) is 0 Å². The van der Waals surface area contributed by atoms with Gasteiger partial charge in [-0.25, -0.2) is 0 Å². The van der Waals surface area contributed by atoms with E-state index < -0.39 is 29.5 Å². The van der Waals surface area contributed by atoms with Crippen LogP contribution in [0.3, 0.4) is 0 Å². The molecule has 0 bridgehead atoms. The van der Waals surface area contributed by atoms with Gasteiger partial charge >= 0.3 is 5.97 Å². The Labute approximate surface area is 79.8 Å². The molecule has 1 N–H and O–H groups in total. The highest BCUT2D eigenvalue weighted by molar-refractivity contribution is 5.67. The first-order valence-electron chi connectivity index (χ1n) is 4.12. The van der Waals surface area contributed by atoms with E-state index in [0.717, 1.165) is 0 Å². The first-order chi connectivity index (χ1) is 6.59. The van der Waals surface area contributed by atoms with Crippen LogP contribution in [0, 0.1) is 16.0 Å². The second kappa shape index (κ2) is 4.87. The summed E-state index contributed by atoms with van der Waals surface area (Å²) < 4.78 is 9.89. The molecule has 0 amide bonds. The first kappa shape index (κ1) is 10.9. The fourth-order valence-corrected chi connectivity index (χ4v) is 1.35. The van der Waals surface area contributed by atoms with Crippen molar-refractivity contribution in [3.63, 3.8) is 0 Å². The predicted octanol–water partition coefficient (Wildman–Crippen LogP) is -0.273. The van der Waals surface area contributed by atoms with Gasteiger partial charge in [0.15, 0.2) is 0 Å². The average molecular weight is 205 g/mol. The topological polar surface area (TPSA) is 98.9 Å². The van der Waals surface area contributed by atoms with Gasteiger partial charge in [-0.1, -0.05) is 0 Å². The molecule has 1 aliphatic heterocycles. The summed E-state index contributed by atoms with van der Waals surface area (Å²) in [7, 11) is 0. The predicted molar refractivity (Wildman–Crippen MR) is 43.3 cm³/mol. The van der Waals surface area contributed by atoms with Gasteiger partial charge < -0.3 is 14.6 Å². The number of hydrogen-bond donors (Lipinski definition) is 1. The van der Waals surface area contributed by atoms with Crippen molar-refractivity contribution in [2.45, 2.75) is 12.5 Å². The van der Waals surface area contributed by atoms with E-state index in [0.29, 0.717) is 0 Å². The molecular weight excluding hydrogens is 194 g/mol. The maximum Gasteiger partial charge on any atom is 0.303 e. The Morgan fingerprint density at radius 1 is 1.71 bits per heavy atom. The second-order valence-corrected chi connectivity index (χ2v) is 3.07. The maximum absolute atomic E-state index is 10.4. The molecule has 1 heterocycles. The number of carboxylic acids is 1. The number of aliphatic carboxylic acids is 1. The molecule has 7 heteroatoms. The second-order valence-electron chi connectivity index (χ2n) is 3.07. The number of carbonyl (C=O) groups is 1. The first-order valence-corrected chi connectivity index (χ1v) is 4.12. The maximum atomic E-state index is 10.4. The highest BCUT2D eigenvalue weighted by Crippen LogP contribution is 2.17. The molecule has 2 atom stereocenters. The van der Waals surface area contributed by atoms with E-state index in [-0.39, 0.29) is 19.8 Å². The van der Waals surface area contributed by atoms with Crippen molar-refractivity contribution >= 4 is 5.97 Å².